The van der Waals surface area contributed by atoms with Crippen LogP contribution in [0.4, 0.5) is 0 Å². The molecule has 0 bridgehead atoms. The molecule has 3 aromatic heterocycles. The number of imidazole rings is 1. The zero-order chi connectivity index (χ0) is 18.1. The SMILES string of the molecule is c1cc(-c2nc(-c3ccc4c(c3)ncn4CCN3CCCCC3)no2)cs1. The standard InChI is InChI=1S/C20H21N5OS/c1-2-7-24(8-3-1)9-10-25-14-21-17-12-15(4-5-18(17)25)19-22-20(26-23-19)16-6-11-27-13-16/h4-6,11-14H,1-3,7-10H2. The Kier molecular flexibility index (Phi) is 4.47. The second kappa shape index (κ2) is 7.25. The number of hydrogen-bond donors (Lipinski definition) is 0. The van der Waals surface area contributed by atoms with E-state index < -0.39 is 0 Å². The first kappa shape index (κ1) is 16.6. The number of benzene rings is 1. The van der Waals surface area contributed by atoms with Crippen LogP contribution in [0.15, 0.2) is 45.9 Å². The number of piperidine rings is 1. The van der Waals surface area contributed by atoms with Gasteiger partial charge in [-0.1, -0.05) is 11.6 Å². The molecule has 0 spiro atoms. The molecule has 0 atom stereocenters. The molecule has 4 aromatic rings. The quantitative estimate of drug-likeness (QED) is 0.517. The van der Waals surface area contributed by atoms with Crippen molar-refractivity contribution in [3.8, 4) is 22.8 Å². The van der Waals surface area contributed by atoms with Gasteiger partial charge in [-0.05, 0) is 55.6 Å². The third-order valence-electron chi connectivity index (χ3n) is 5.18. The molecule has 1 saturated heterocycles. The van der Waals surface area contributed by atoms with Crippen molar-refractivity contribution in [2.24, 2.45) is 0 Å². The third-order valence-corrected chi connectivity index (χ3v) is 5.86. The van der Waals surface area contributed by atoms with Gasteiger partial charge in [0.15, 0.2) is 0 Å². The summed E-state index contributed by atoms with van der Waals surface area (Å²) in [4.78, 5) is 11.7. The molecule has 27 heavy (non-hydrogen) atoms. The van der Waals surface area contributed by atoms with Gasteiger partial charge in [0.25, 0.3) is 5.89 Å². The van der Waals surface area contributed by atoms with Crippen molar-refractivity contribution in [3.05, 3.63) is 41.4 Å². The monoisotopic (exact) mass is 379 g/mol. The van der Waals surface area contributed by atoms with Crippen molar-refractivity contribution in [2.45, 2.75) is 25.8 Å². The van der Waals surface area contributed by atoms with Crippen molar-refractivity contribution in [1.29, 1.82) is 0 Å². The highest BCUT2D eigenvalue weighted by atomic mass is 32.1. The van der Waals surface area contributed by atoms with E-state index in [-0.39, 0.29) is 0 Å². The Bertz CT molecular complexity index is 1030. The van der Waals surface area contributed by atoms with E-state index in [0.717, 1.165) is 35.2 Å². The Morgan fingerprint density at radius 2 is 1.96 bits per heavy atom. The van der Waals surface area contributed by atoms with Gasteiger partial charge < -0.3 is 14.0 Å². The predicted octanol–water partition coefficient (Wildman–Crippen LogP) is 4.30. The number of thiophene rings is 1. The molecule has 6 nitrogen and oxygen atoms in total. The summed E-state index contributed by atoms with van der Waals surface area (Å²) in [6, 6.07) is 8.17. The van der Waals surface area contributed by atoms with E-state index in [1.165, 1.54) is 32.4 Å². The number of hydrogen-bond acceptors (Lipinski definition) is 6. The number of likely N-dealkylation sites (tertiary alicyclic amines) is 1. The molecule has 1 aliphatic rings. The lowest BCUT2D eigenvalue weighted by Crippen LogP contribution is -2.32. The van der Waals surface area contributed by atoms with Crippen molar-refractivity contribution < 1.29 is 4.52 Å². The Labute approximate surface area is 161 Å². The second-order valence-corrected chi connectivity index (χ2v) is 7.76. The maximum Gasteiger partial charge on any atom is 0.259 e. The summed E-state index contributed by atoms with van der Waals surface area (Å²) in [6.45, 7) is 4.50. The summed E-state index contributed by atoms with van der Waals surface area (Å²) in [7, 11) is 0. The average Bonchev–Trinajstić information content (AvgIpc) is 3.47. The summed E-state index contributed by atoms with van der Waals surface area (Å²) in [5.41, 5.74) is 4.00. The van der Waals surface area contributed by atoms with Gasteiger partial charge in [-0.25, -0.2) is 4.98 Å². The van der Waals surface area contributed by atoms with Crippen molar-refractivity contribution in [3.63, 3.8) is 0 Å². The zero-order valence-electron chi connectivity index (χ0n) is 15.0. The number of aromatic nitrogens is 4. The zero-order valence-corrected chi connectivity index (χ0v) is 15.9. The minimum atomic E-state index is 0.554. The lowest BCUT2D eigenvalue weighted by Gasteiger charge is -2.26. The first-order valence-corrected chi connectivity index (χ1v) is 10.3. The van der Waals surface area contributed by atoms with Gasteiger partial charge in [-0.15, -0.1) is 0 Å². The fraction of sp³-hybridized carbons (Fsp3) is 0.350. The molecule has 1 aliphatic heterocycles. The van der Waals surface area contributed by atoms with Crippen LogP contribution in [-0.2, 0) is 6.54 Å². The Morgan fingerprint density at radius 3 is 2.81 bits per heavy atom. The van der Waals surface area contributed by atoms with E-state index in [1.807, 2.05) is 35.3 Å². The van der Waals surface area contributed by atoms with Crippen molar-refractivity contribution in [2.75, 3.05) is 19.6 Å². The normalized spacial score (nSPS) is 15.6. The molecular weight excluding hydrogens is 358 g/mol. The average molecular weight is 379 g/mol. The highest BCUT2D eigenvalue weighted by molar-refractivity contribution is 7.08. The van der Waals surface area contributed by atoms with E-state index in [0.29, 0.717) is 11.7 Å². The lowest BCUT2D eigenvalue weighted by molar-refractivity contribution is 0.221. The highest BCUT2D eigenvalue weighted by Gasteiger charge is 2.14. The van der Waals surface area contributed by atoms with Gasteiger partial charge in [-0.2, -0.15) is 16.3 Å². The molecule has 1 aromatic carbocycles. The van der Waals surface area contributed by atoms with Gasteiger partial charge >= 0.3 is 0 Å². The van der Waals surface area contributed by atoms with Crippen LogP contribution in [0.1, 0.15) is 19.3 Å². The maximum absolute atomic E-state index is 5.40. The smallest absolute Gasteiger partial charge is 0.259 e. The fourth-order valence-electron chi connectivity index (χ4n) is 3.66. The van der Waals surface area contributed by atoms with E-state index in [1.54, 1.807) is 11.3 Å². The Balaban J connectivity index is 1.35. The topological polar surface area (TPSA) is 60.0 Å². The van der Waals surface area contributed by atoms with Crippen LogP contribution in [0.5, 0.6) is 0 Å². The molecule has 0 N–H and O–H groups in total. The summed E-state index contributed by atoms with van der Waals surface area (Å²) in [5.74, 6) is 1.15. The summed E-state index contributed by atoms with van der Waals surface area (Å²) < 4.78 is 7.64. The van der Waals surface area contributed by atoms with Crippen LogP contribution in [0.2, 0.25) is 0 Å². The van der Waals surface area contributed by atoms with Crippen LogP contribution in [0.25, 0.3) is 33.9 Å². The van der Waals surface area contributed by atoms with E-state index in [9.17, 15) is 0 Å². The van der Waals surface area contributed by atoms with Crippen LogP contribution >= 0.6 is 11.3 Å². The molecular formula is C20H21N5OS. The highest BCUT2D eigenvalue weighted by Crippen LogP contribution is 2.26. The maximum atomic E-state index is 5.40. The third kappa shape index (κ3) is 3.40. The summed E-state index contributed by atoms with van der Waals surface area (Å²) in [5, 5.41) is 8.14. The first-order chi connectivity index (χ1) is 13.4. The summed E-state index contributed by atoms with van der Waals surface area (Å²) >= 11 is 1.61. The van der Waals surface area contributed by atoms with Gasteiger partial charge in [0.2, 0.25) is 5.82 Å². The van der Waals surface area contributed by atoms with Crippen LogP contribution < -0.4 is 0 Å². The van der Waals surface area contributed by atoms with E-state index in [4.69, 9.17) is 4.52 Å². The Hall–Kier alpha value is -2.51. The minimum Gasteiger partial charge on any atom is -0.334 e. The number of fused-ring (bicyclic) bond motifs is 1. The molecule has 0 amide bonds. The molecule has 0 aliphatic carbocycles. The number of rotatable bonds is 5. The van der Waals surface area contributed by atoms with Crippen LogP contribution in [0, 0.1) is 0 Å². The van der Waals surface area contributed by atoms with Gasteiger partial charge in [0, 0.05) is 24.0 Å². The molecule has 1 fully saturated rings. The van der Waals surface area contributed by atoms with E-state index in [2.05, 4.69) is 30.7 Å². The largest absolute Gasteiger partial charge is 0.334 e. The second-order valence-electron chi connectivity index (χ2n) is 6.98. The van der Waals surface area contributed by atoms with E-state index >= 15 is 0 Å². The van der Waals surface area contributed by atoms with Crippen LogP contribution in [-0.4, -0.2) is 44.2 Å². The molecule has 5 rings (SSSR count). The van der Waals surface area contributed by atoms with Crippen molar-refractivity contribution >= 4 is 22.4 Å². The molecule has 0 radical (unpaired) electrons. The van der Waals surface area contributed by atoms with Gasteiger partial charge in [-0.3, -0.25) is 0 Å². The summed E-state index contributed by atoms with van der Waals surface area (Å²) in [6.07, 6.45) is 5.96. The first-order valence-electron chi connectivity index (χ1n) is 9.41. The van der Waals surface area contributed by atoms with Crippen LogP contribution in [0.3, 0.4) is 0 Å². The molecule has 4 heterocycles. The molecule has 138 valence electrons. The number of nitrogens with zero attached hydrogens (tertiary/aromatic N) is 5. The lowest BCUT2D eigenvalue weighted by atomic mass is 10.1. The molecule has 0 unspecified atom stereocenters. The Morgan fingerprint density at radius 1 is 1.04 bits per heavy atom. The predicted molar refractivity (Wildman–Crippen MR) is 107 cm³/mol. The fourth-order valence-corrected chi connectivity index (χ4v) is 4.29. The molecule has 0 saturated carbocycles. The van der Waals surface area contributed by atoms with Gasteiger partial charge in [0.05, 0.1) is 22.9 Å². The van der Waals surface area contributed by atoms with Gasteiger partial charge in [0.1, 0.15) is 0 Å². The molecule has 7 heteroatoms. The van der Waals surface area contributed by atoms with Crippen molar-refractivity contribution in [1.82, 2.24) is 24.6 Å². The minimum absolute atomic E-state index is 0.554.